The minimum atomic E-state index is -0.0805. The summed E-state index contributed by atoms with van der Waals surface area (Å²) in [6.45, 7) is 5.83. The average Bonchev–Trinajstić information content (AvgIpc) is 3.21. The predicted molar refractivity (Wildman–Crippen MR) is 110 cm³/mol. The first-order valence-electron chi connectivity index (χ1n) is 9.85. The summed E-state index contributed by atoms with van der Waals surface area (Å²) in [5.41, 5.74) is 3.48. The van der Waals surface area contributed by atoms with Gasteiger partial charge in [-0.2, -0.15) is 0 Å². The standard InChI is InChI=1S/C24H26N2O2/c1-18(2)20-10-6-11-21(16-20)28-17-23(27)26-15-14-25-13-7-12-22(25)24(26)19-8-4-3-5-9-19/h3-13,16,18,24H,14-15,17H2,1-2H3. The normalized spacial score (nSPS) is 16.1. The average molecular weight is 374 g/mol. The Morgan fingerprint density at radius 1 is 1.04 bits per heavy atom. The molecule has 144 valence electrons. The van der Waals surface area contributed by atoms with Crippen LogP contribution in [0.5, 0.6) is 5.75 Å². The second kappa shape index (κ2) is 7.93. The van der Waals surface area contributed by atoms with Gasteiger partial charge in [0.1, 0.15) is 5.75 Å². The predicted octanol–water partition coefficient (Wildman–Crippen LogP) is 4.62. The summed E-state index contributed by atoms with van der Waals surface area (Å²) in [7, 11) is 0. The van der Waals surface area contributed by atoms with Gasteiger partial charge in [0, 0.05) is 25.0 Å². The number of nitrogens with zero attached hydrogens (tertiary/aromatic N) is 2. The summed E-state index contributed by atoms with van der Waals surface area (Å²) in [4.78, 5) is 15.0. The van der Waals surface area contributed by atoms with Gasteiger partial charge in [-0.15, -0.1) is 0 Å². The molecule has 1 amide bonds. The number of carbonyl (C=O) groups is 1. The van der Waals surface area contributed by atoms with Gasteiger partial charge in [0.05, 0.1) is 6.04 Å². The third kappa shape index (κ3) is 3.68. The highest BCUT2D eigenvalue weighted by Crippen LogP contribution is 2.32. The van der Waals surface area contributed by atoms with Crippen molar-refractivity contribution in [3.05, 3.63) is 89.7 Å². The molecule has 1 atom stereocenters. The van der Waals surface area contributed by atoms with Gasteiger partial charge >= 0.3 is 0 Å². The van der Waals surface area contributed by atoms with Gasteiger partial charge in [0.25, 0.3) is 5.91 Å². The molecular weight excluding hydrogens is 348 g/mol. The summed E-state index contributed by atoms with van der Waals surface area (Å²) in [5, 5.41) is 0. The van der Waals surface area contributed by atoms with Gasteiger partial charge in [0.2, 0.25) is 0 Å². The third-order valence-electron chi connectivity index (χ3n) is 5.36. The highest BCUT2D eigenvalue weighted by atomic mass is 16.5. The third-order valence-corrected chi connectivity index (χ3v) is 5.36. The fourth-order valence-electron chi connectivity index (χ4n) is 3.83. The van der Waals surface area contributed by atoms with Crippen LogP contribution in [0.1, 0.15) is 42.6 Å². The molecule has 0 N–H and O–H groups in total. The van der Waals surface area contributed by atoms with E-state index >= 15 is 0 Å². The van der Waals surface area contributed by atoms with E-state index in [0.29, 0.717) is 12.5 Å². The lowest BCUT2D eigenvalue weighted by molar-refractivity contribution is -0.136. The van der Waals surface area contributed by atoms with Crippen molar-refractivity contribution in [3.8, 4) is 5.75 Å². The van der Waals surface area contributed by atoms with Crippen molar-refractivity contribution in [1.29, 1.82) is 0 Å². The molecule has 28 heavy (non-hydrogen) atoms. The van der Waals surface area contributed by atoms with Crippen LogP contribution in [0.4, 0.5) is 0 Å². The number of carbonyl (C=O) groups excluding carboxylic acids is 1. The molecule has 0 fully saturated rings. The van der Waals surface area contributed by atoms with E-state index < -0.39 is 0 Å². The second-order valence-electron chi connectivity index (χ2n) is 7.54. The quantitative estimate of drug-likeness (QED) is 0.653. The monoisotopic (exact) mass is 374 g/mol. The van der Waals surface area contributed by atoms with Crippen molar-refractivity contribution < 1.29 is 9.53 Å². The first-order chi connectivity index (χ1) is 13.6. The second-order valence-corrected chi connectivity index (χ2v) is 7.54. The maximum Gasteiger partial charge on any atom is 0.261 e. The number of rotatable bonds is 5. The molecule has 0 radical (unpaired) electrons. The summed E-state index contributed by atoms with van der Waals surface area (Å²) in [6, 6.07) is 22.3. The SMILES string of the molecule is CC(C)c1cccc(OCC(=O)N2CCn3cccc3C2c2ccccc2)c1. The Morgan fingerprint density at radius 2 is 1.86 bits per heavy atom. The molecule has 0 saturated heterocycles. The van der Waals surface area contributed by atoms with Crippen LogP contribution in [0.3, 0.4) is 0 Å². The van der Waals surface area contributed by atoms with Crippen molar-refractivity contribution in [3.63, 3.8) is 0 Å². The molecule has 0 spiro atoms. The van der Waals surface area contributed by atoms with Gasteiger partial charge in [-0.25, -0.2) is 0 Å². The Morgan fingerprint density at radius 3 is 2.64 bits per heavy atom. The number of hydrogen-bond donors (Lipinski definition) is 0. The molecule has 2 aromatic carbocycles. The molecule has 1 aliphatic heterocycles. The van der Waals surface area contributed by atoms with Crippen LogP contribution in [-0.2, 0) is 11.3 Å². The number of hydrogen-bond acceptors (Lipinski definition) is 2. The van der Waals surface area contributed by atoms with Crippen LogP contribution < -0.4 is 4.74 Å². The lowest BCUT2D eigenvalue weighted by atomic mass is 10.00. The van der Waals surface area contributed by atoms with Gasteiger partial charge in [-0.1, -0.05) is 56.3 Å². The molecule has 4 heteroatoms. The highest BCUT2D eigenvalue weighted by molar-refractivity contribution is 5.79. The Kier molecular flexibility index (Phi) is 5.20. The minimum absolute atomic E-state index is 0.0104. The summed E-state index contributed by atoms with van der Waals surface area (Å²) in [6.07, 6.45) is 2.08. The molecule has 0 aliphatic carbocycles. The molecule has 1 unspecified atom stereocenters. The van der Waals surface area contributed by atoms with E-state index in [1.807, 2.05) is 47.4 Å². The zero-order chi connectivity index (χ0) is 19.5. The van der Waals surface area contributed by atoms with Crippen LogP contribution in [-0.4, -0.2) is 28.5 Å². The fourth-order valence-corrected chi connectivity index (χ4v) is 3.83. The number of benzene rings is 2. The van der Waals surface area contributed by atoms with E-state index in [4.69, 9.17) is 4.74 Å². The Bertz CT molecular complexity index is 946. The van der Waals surface area contributed by atoms with E-state index in [1.165, 1.54) is 5.56 Å². The largest absolute Gasteiger partial charge is 0.484 e. The van der Waals surface area contributed by atoms with Crippen molar-refractivity contribution >= 4 is 5.91 Å². The maximum absolute atomic E-state index is 13.1. The van der Waals surface area contributed by atoms with E-state index in [1.54, 1.807) is 0 Å². The van der Waals surface area contributed by atoms with Crippen LogP contribution in [0, 0.1) is 0 Å². The van der Waals surface area contributed by atoms with Crippen LogP contribution in [0.15, 0.2) is 72.9 Å². The summed E-state index contributed by atoms with van der Waals surface area (Å²) >= 11 is 0. The molecule has 2 heterocycles. The van der Waals surface area contributed by atoms with Crippen LogP contribution in [0.2, 0.25) is 0 Å². The fraction of sp³-hybridized carbons (Fsp3) is 0.292. The molecule has 3 aromatic rings. The van der Waals surface area contributed by atoms with Gasteiger partial charge in [-0.05, 0) is 41.3 Å². The zero-order valence-corrected chi connectivity index (χ0v) is 16.4. The molecule has 0 saturated carbocycles. The number of aromatic nitrogens is 1. The lowest BCUT2D eigenvalue weighted by Crippen LogP contribution is -2.44. The van der Waals surface area contributed by atoms with Crippen molar-refractivity contribution in [1.82, 2.24) is 9.47 Å². The van der Waals surface area contributed by atoms with Gasteiger partial charge in [-0.3, -0.25) is 4.79 Å². The van der Waals surface area contributed by atoms with E-state index in [9.17, 15) is 4.79 Å². The van der Waals surface area contributed by atoms with Crippen LogP contribution in [0.25, 0.3) is 0 Å². The molecule has 4 rings (SSSR count). The smallest absolute Gasteiger partial charge is 0.261 e. The zero-order valence-electron chi connectivity index (χ0n) is 16.4. The Balaban J connectivity index is 1.54. The van der Waals surface area contributed by atoms with E-state index in [0.717, 1.165) is 23.6 Å². The lowest BCUT2D eigenvalue weighted by Gasteiger charge is -2.37. The molecule has 1 aromatic heterocycles. The van der Waals surface area contributed by atoms with E-state index in [2.05, 4.69) is 48.9 Å². The van der Waals surface area contributed by atoms with Crippen molar-refractivity contribution in [2.24, 2.45) is 0 Å². The van der Waals surface area contributed by atoms with Crippen LogP contribution >= 0.6 is 0 Å². The Hall–Kier alpha value is -3.01. The number of amides is 1. The number of fused-ring (bicyclic) bond motifs is 1. The molecular formula is C24H26N2O2. The molecule has 4 nitrogen and oxygen atoms in total. The summed E-state index contributed by atoms with van der Waals surface area (Å²) in [5.74, 6) is 1.18. The van der Waals surface area contributed by atoms with Crippen molar-refractivity contribution in [2.45, 2.75) is 32.4 Å². The van der Waals surface area contributed by atoms with E-state index in [-0.39, 0.29) is 18.6 Å². The van der Waals surface area contributed by atoms with Gasteiger partial charge < -0.3 is 14.2 Å². The Labute approximate surface area is 166 Å². The molecule has 0 bridgehead atoms. The maximum atomic E-state index is 13.1. The van der Waals surface area contributed by atoms with Crippen molar-refractivity contribution in [2.75, 3.05) is 13.2 Å². The van der Waals surface area contributed by atoms with Gasteiger partial charge in [0.15, 0.2) is 6.61 Å². The minimum Gasteiger partial charge on any atom is -0.484 e. The number of ether oxygens (including phenoxy) is 1. The topological polar surface area (TPSA) is 34.5 Å². The summed E-state index contributed by atoms with van der Waals surface area (Å²) < 4.78 is 8.10. The first kappa shape index (κ1) is 18.4. The molecule has 1 aliphatic rings. The highest BCUT2D eigenvalue weighted by Gasteiger charge is 2.32. The first-order valence-corrected chi connectivity index (χ1v) is 9.85.